The van der Waals surface area contributed by atoms with Crippen molar-refractivity contribution in [2.45, 2.75) is 0 Å². The van der Waals surface area contributed by atoms with E-state index in [1.54, 1.807) is 0 Å². The van der Waals surface area contributed by atoms with Crippen molar-refractivity contribution in [1.82, 2.24) is 0 Å². The third kappa shape index (κ3) is 614. The van der Waals surface area contributed by atoms with Gasteiger partial charge >= 0.3 is 45.5 Å². The zero-order valence-corrected chi connectivity index (χ0v) is 13.5. The van der Waals surface area contributed by atoms with Crippen molar-refractivity contribution < 1.29 is 53.8 Å². The van der Waals surface area contributed by atoms with Crippen molar-refractivity contribution in [3.63, 3.8) is 0 Å². The average Bonchev–Trinajstić information content (AvgIpc) is 1.12. The van der Waals surface area contributed by atoms with Crippen LogP contribution in [0, 0.1) is 0 Å². The summed E-state index contributed by atoms with van der Waals surface area (Å²) in [6.45, 7) is 0. The van der Waals surface area contributed by atoms with Crippen LogP contribution in [-0.2, 0) is 32.0 Å². The quantitative estimate of drug-likeness (QED) is 0.149. The van der Waals surface area contributed by atoms with Gasteiger partial charge in [-0.2, -0.15) is 8.42 Å². The molecule has 0 aliphatic rings. The Kier molecular flexibility index (Phi) is 17.5. The summed E-state index contributed by atoms with van der Waals surface area (Å²) in [4.78, 5) is 21.6. The summed E-state index contributed by atoms with van der Waals surface area (Å²) in [6, 6.07) is 0. The molecule has 0 saturated carbocycles. The van der Waals surface area contributed by atoms with Crippen molar-refractivity contribution in [3.8, 4) is 0 Å². The van der Waals surface area contributed by atoms with E-state index in [-0.39, 0.29) is 44.4 Å². The Labute approximate surface area is 98.8 Å². The molecule has 5 N–H and O–H groups in total. The Bertz CT molecular complexity index is 197. The van der Waals surface area contributed by atoms with Gasteiger partial charge in [-0.1, -0.05) is 0 Å². The summed E-state index contributed by atoms with van der Waals surface area (Å²) in [5.41, 5.74) is 0. The molecule has 0 aromatic carbocycles. The molecule has 0 unspecified atom stereocenters. The van der Waals surface area contributed by atoms with Gasteiger partial charge in [0, 0.05) is 17.1 Å². The predicted octanol–water partition coefficient (Wildman–Crippen LogP) is -2.50. The van der Waals surface area contributed by atoms with Gasteiger partial charge in [-0.05, 0) is 0 Å². The zero-order chi connectivity index (χ0) is 9.00. The predicted molar refractivity (Wildman–Crippen MR) is 37.0 cm³/mol. The molecule has 0 fully saturated rings. The Hall–Kier alpha value is 1.42. The zero-order valence-electron chi connectivity index (χ0n) is 5.32. The molecular weight excluding hydrogens is 462 g/mol. The minimum atomic E-state index is -4.67. The molecule has 0 aliphatic heterocycles. The van der Waals surface area contributed by atoms with E-state index in [0.29, 0.717) is 0 Å². The Morgan fingerprint density at radius 1 is 1.00 bits per heavy atom. The maximum absolute atomic E-state index is 8.88. The summed E-state index contributed by atoms with van der Waals surface area (Å²) in [7, 11) is -9.31. The third-order valence-corrected chi connectivity index (χ3v) is 0. The van der Waals surface area contributed by atoms with E-state index in [1.807, 2.05) is 0 Å². The van der Waals surface area contributed by atoms with Crippen LogP contribution in [0.1, 0.15) is 0 Å². The van der Waals surface area contributed by atoms with Crippen LogP contribution in [0.2, 0.25) is 0 Å². The Morgan fingerprint density at radius 2 is 1.00 bits per heavy atom. The van der Waals surface area contributed by atoms with Crippen LogP contribution in [0.3, 0.4) is 0 Å². The third-order valence-electron chi connectivity index (χ3n) is 0. The van der Waals surface area contributed by atoms with Crippen LogP contribution in [0.5, 0.6) is 0 Å². The van der Waals surface area contributed by atoms with Gasteiger partial charge in [-0.15, -0.1) is 0 Å². The molecule has 12 heteroatoms. The van der Waals surface area contributed by atoms with Crippen molar-refractivity contribution in [2.24, 2.45) is 0 Å². The standard InChI is InChI=1S/Cu.H3O4P.H2O4S.Pb.2H/c;2*1-5(2,3)4;;;/h;(H3,1,2,3,4);(H2,1,2,3,4);;;. The van der Waals surface area contributed by atoms with Crippen LogP contribution < -0.4 is 0 Å². The monoisotopic (exact) mass is 469 g/mol. The van der Waals surface area contributed by atoms with Crippen molar-refractivity contribution in [3.05, 3.63) is 0 Å². The molecule has 81 valence electrons. The number of hydrogen-bond acceptors (Lipinski definition) is 3. The van der Waals surface area contributed by atoms with Crippen LogP contribution in [-0.4, -0.2) is 59.5 Å². The molecule has 0 saturated heterocycles. The molecule has 0 heterocycles. The fourth-order valence-corrected chi connectivity index (χ4v) is 0. The van der Waals surface area contributed by atoms with Crippen molar-refractivity contribution in [2.75, 3.05) is 0 Å². The molecule has 8 nitrogen and oxygen atoms in total. The molecule has 0 aromatic heterocycles. The van der Waals surface area contributed by atoms with Crippen molar-refractivity contribution in [1.29, 1.82) is 0 Å². The minimum absolute atomic E-state index is 0. The van der Waals surface area contributed by atoms with Gasteiger partial charge in [-0.25, -0.2) is 4.57 Å². The summed E-state index contributed by atoms with van der Waals surface area (Å²) in [5.74, 6) is 0. The van der Waals surface area contributed by atoms with Crippen LogP contribution >= 0.6 is 7.82 Å². The topological polar surface area (TPSA) is 152 Å². The van der Waals surface area contributed by atoms with E-state index in [4.69, 9.17) is 36.8 Å². The van der Waals surface area contributed by atoms with E-state index in [2.05, 4.69) is 0 Å². The van der Waals surface area contributed by atoms with E-state index in [0.717, 1.165) is 0 Å². The molecule has 0 rings (SSSR count). The fraction of sp³-hybridized carbons (Fsp3) is 0. The molecule has 0 spiro atoms. The molecule has 12 heavy (non-hydrogen) atoms. The first-order valence-electron chi connectivity index (χ1n) is 1.48. The SMILES string of the molecule is O=P(O)(O)O.O=S(=O)(O)O.[Cu].[PbH2]. The number of hydrogen-bond donors (Lipinski definition) is 5. The summed E-state index contributed by atoms with van der Waals surface area (Å²) < 4.78 is 40.5. The van der Waals surface area contributed by atoms with Crippen LogP contribution in [0.15, 0.2) is 0 Å². The number of phosphoric acid groups is 1. The number of rotatable bonds is 0. The van der Waals surface area contributed by atoms with Gasteiger partial charge in [0.1, 0.15) is 0 Å². The molecule has 0 amide bonds. The molecular formula is H7CuO8PPbS. The molecule has 0 aliphatic carbocycles. The van der Waals surface area contributed by atoms with Gasteiger partial charge in [0.25, 0.3) is 0 Å². The summed E-state index contributed by atoms with van der Waals surface area (Å²) in [5, 5.41) is 0. The normalized spacial score (nSPS) is 9.75. The van der Waals surface area contributed by atoms with Gasteiger partial charge < -0.3 is 14.7 Å². The van der Waals surface area contributed by atoms with Crippen molar-refractivity contribution >= 4 is 45.5 Å². The second-order valence-corrected chi connectivity index (χ2v) is 2.88. The Balaban J connectivity index is -0.0000000457. The first-order valence-corrected chi connectivity index (χ1v) is 4.44. The van der Waals surface area contributed by atoms with Crippen LogP contribution in [0.25, 0.3) is 0 Å². The van der Waals surface area contributed by atoms with E-state index in [9.17, 15) is 0 Å². The molecule has 0 bridgehead atoms. The van der Waals surface area contributed by atoms with Gasteiger partial charge in [0.15, 0.2) is 0 Å². The first-order chi connectivity index (χ1) is 4.00. The average molecular weight is 469 g/mol. The van der Waals surface area contributed by atoms with E-state index >= 15 is 0 Å². The van der Waals surface area contributed by atoms with Gasteiger partial charge in [0.2, 0.25) is 0 Å². The van der Waals surface area contributed by atoms with E-state index < -0.39 is 18.2 Å². The summed E-state index contributed by atoms with van der Waals surface area (Å²) in [6.07, 6.45) is 0. The molecule has 0 aromatic rings. The van der Waals surface area contributed by atoms with E-state index in [1.165, 1.54) is 0 Å². The van der Waals surface area contributed by atoms with Gasteiger partial charge in [-0.3, -0.25) is 9.11 Å². The second-order valence-electron chi connectivity index (χ2n) is 0.961. The second kappa shape index (κ2) is 9.00. The Morgan fingerprint density at radius 3 is 1.00 bits per heavy atom. The molecule has 3 radical (unpaired) electrons. The van der Waals surface area contributed by atoms with Crippen LogP contribution in [0.4, 0.5) is 0 Å². The summed E-state index contributed by atoms with van der Waals surface area (Å²) >= 11 is 0. The van der Waals surface area contributed by atoms with Gasteiger partial charge in [0.05, 0.1) is 0 Å². The maximum atomic E-state index is 8.88. The molecule has 0 atom stereocenters. The fourth-order valence-electron chi connectivity index (χ4n) is 0. The first kappa shape index (κ1) is 23.3.